The minimum Gasteiger partial charge on any atom is -0.508 e. The fraction of sp³-hybridized carbons (Fsp3) is 0.208. The molecule has 0 radical (unpaired) electrons. The Morgan fingerprint density at radius 3 is 2.60 bits per heavy atom. The van der Waals surface area contributed by atoms with Gasteiger partial charge < -0.3 is 20.1 Å². The van der Waals surface area contributed by atoms with Gasteiger partial charge in [-0.15, -0.1) is 0 Å². The van der Waals surface area contributed by atoms with Crippen LogP contribution in [0.5, 0.6) is 23.0 Å². The number of rotatable bonds is 5. The first-order chi connectivity index (χ1) is 14.1. The van der Waals surface area contributed by atoms with Crippen LogP contribution >= 0.6 is 22.6 Å². The van der Waals surface area contributed by atoms with Crippen LogP contribution in [-0.4, -0.2) is 24.7 Å². The Morgan fingerprint density at radius 1 is 1.17 bits per heavy atom. The summed E-state index contributed by atoms with van der Waals surface area (Å²) in [5.74, 6) is -0.302. The molecule has 1 unspecified atom stereocenters. The number of phenolic OH excluding ortho intramolecular Hbond substituents is 3. The summed E-state index contributed by atoms with van der Waals surface area (Å²) < 4.78 is 5.24. The van der Waals surface area contributed by atoms with Crippen molar-refractivity contribution in [1.29, 1.82) is 0 Å². The average molecular weight is 518 g/mol. The molecule has 0 spiro atoms. The molecule has 0 aliphatic carbocycles. The van der Waals surface area contributed by atoms with Gasteiger partial charge in [0.25, 0.3) is 0 Å². The molecule has 1 aliphatic rings. The van der Waals surface area contributed by atoms with Crippen LogP contribution in [0.4, 0.5) is 0 Å². The standard InChI is InChI=1S/C24H23IO5/c1-14(2)4-6-17-20(27)9-7-18(22(17)29)19(26)8-5-15-12-16-10-11-24(3,25)30-23(16)21(28)13-15/h4-5,7-13,27-29H,6H2,1-3H3/b8-5+. The summed E-state index contributed by atoms with van der Waals surface area (Å²) in [6.07, 6.45) is 8.84. The Bertz CT molecular complexity index is 1090. The van der Waals surface area contributed by atoms with E-state index in [4.69, 9.17) is 4.74 Å². The van der Waals surface area contributed by atoms with Crippen molar-refractivity contribution in [2.24, 2.45) is 0 Å². The highest BCUT2D eigenvalue weighted by Crippen LogP contribution is 2.41. The second-order valence-electron chi connectivity index (χ2n) is 7.52. The zero-order chi connectivity index (χ0) is 22.1. The van der Waals surface area contributed by atoms with E-state index in [2.05, 4.69) is 22.6 Å². The Morgan fingerprint density at radius 2 is 1.90 bits per heavy atom. The molecule has 0 aromatic heterocycles. The lowest BCUT2D eigenvalue weighted by Crippen LogP contribution is -2.23. The first-order valence-corrected chi connectivity index (χ1v) is 10.5. The molecule has 2 aromatic rings. The molecule has 30 heavy (non-hydrogen) atoms. The number of carbonyl (C=O) groups excluding carboxylic acids is 1. The van der Waals surface area contributed by atoms with Gasteiger partial charge in [-0.3, -0.25) is 4.79 Å². The summed E-state index contributed by atoms with van der Waals surface area (Å²) in [5.41, 5.74) is 2.79. The van der Waals surface area contributed by atoms with Crippen molar-refractivity contribution in [3.63, 3.8) is 0 Å². The molecule has 1 aliphatic heterocycles. The van der Waals surface area contributed by atoms with Crippen LogP contribution in [0.1, 0.15) is 47.8 Å². The Labute approximate surface area is 189 Å². The number of phenols is 3. The molecule has 0 saturated carbocycles. The van der Waals surface area contributed by atoms with E-state index in [1.54, 1.807) is 12.1 Å². The number of aromatic hydroxyl groups is 3. The Kier molecular flexibility index (Phi) is 6.26. The number of ether oxygens (including phenoxy) is 1. The normalized spacial score (nSPS) is 17.5. The van der Waals surface area contributed by atoms with Crippen LogP contribution < -0.4 is 4.74 Å². The lowest BCUT2D eigenvalue weighted by molar-refractivity contribution is 0.104. The minimum atomic E-state index is -0.533. The third-order valence-corrected chi connectivity index (χ3v) is 5.23. The van der Waals surface area contributed by atoms with Gasteiger partial charge in [0.1, 0.15) is 11.5 Å². The van der Waals surface area contributed by atoms with Gasteiger partial charge in [0.05, 0.1) is 5.56 Å². The molecule has 1 atom stereocenters. The molecule has 3 N–H and O–H groups in total. The van der Waals surface area contributed by atoms with Crippen LogP contribution in [0.25, 0.3) is 12.2 Å². The quantitative estimate of drug-likeness (QED) is 0.154. The van der Waals surface area contributed by atoms with E-state index in [0.717, 1.165) is 5.57 Å². The highest BCUT2D eigenvalue weighted by Gasteiger charge is 2.26. The molecule has 6 heteroatoms. The number of alkyl halides is 1. The van der Waals surface area contributed by atoms with Gasteiger partial charge in [-0.05, 0) is 91.8 Å². The first kappa shape index (κ1) is 22.0. The molecule has 5 nitrogen and oxygen atoms in total. The van der Waals surface area contributed by atoms with E-state index in [1.807, 2.05) is 39.0 Å². The van der Waals surface area contributed by atoms with Gasteiger partial charge in [0.2, 0.25) is 0 Å². The first-order valence-electron chi connectivity index (χ1n) is 9.41. The van der Waals surface area contributed by atoms with Crippen molar-refractivity contribution in [2.75, 3.05) is 0 Å². The SMILES string of the molecule is CC(C)=CCc1c(O)ccc(C(=O)/C=C/c2cc(O)c3c(c2)C=CC(C)(I)O3)c1O. The van der Waals surface area contributed by atoms with E-state index < -0.39 is 9.39 Å². The summed E-state index contributed by atoms with van der Waals surface area (Å²) >= 11 is 2.14. The van der Waals surface area contributed by atoms with Gasteiger partial charge in [0, 0.05) is 11.1 Å². The van der Waals surface area contributed by atoms with Gasteiger partial charge in [0.15, 0.2) is 20.9 Å². The smallest absolute Gasteiger partial charge is 0.189 e. The lowest BCUT2D eigenvalue weighted by atomic mass is 10.00. The summed E-state index contributed by atoms with van der Waals surface area (Å²) in [6, 6.07) is 6.12. The van der Waals surface area contributed by atoms with Crippen LogP contribution in [0, 0.1) is 0 Å². The maximum absolute atomic E-state index is 12.7. The maximum Gasteiger partial charge on any atom is 0.189 e. The lowest BCUT2D eigenvalue weighted by Gasteiger charge is -2.26. The predicted molar refractivity (Wildman–Crippen MR) is 126 cm³/mol. The fourth-order valence-electron chi connectivity index (χ4n) is 3.06. The Hall–Kier alpha value is -2.74. The summed E-state index contributed by atoms with van der Waals surface area (Å²) in [4.78, 5) is 12.7. The zero-order valence-electron chi connectivity index (χ0n) is 16.9. The highest BCUT2D eigenvalue weighted by atomic mass is 127. The third-order valence-electron chi connectivity index (χ3n) is 4.65. The molecule has 0 saturated heterocycles. The molecule has 0 amide bonds. The van der Waals surface area contributed by atoms with Crippen molar-refractivity contribution < 1.29 is 24.9 Å². The fourth-order valence-corrected chi connectivity index (χ4v) is 3.46. The summed E-state index contributed by atoms with van der Waals surface area (Å²) in [5, 5.41) is 30.8. The number of hydrogen-bond donors (Lipinski definition) is 3. The predicted octanol–water partition coefficient (Wildman–Crippen LogP) is 5.77. The number of halogens is 1. The van der Waals surface area contributed by atoms with Crippen molar-refractivity contribution in [1.82, 2.24) is 0 Å². The topological polar surface area (TPSA) is 87.0 Å². The number of allylic oxidation sites excluding steroid dienone is 3. The second kappa shape index (κ2) is 8.55. The molecule has 0 fully saturated rings. The zero-order valence-corrected chi connectivity index (χ0v) is 19.1. The number of ketones is 1. The second-order valence-corrected chi connectivity index (χ2v) is 9.66. The van der Waals surface area contributed by atoms with Gasteiger partial charge in [-0.2, -0.15) is 0 Å². The number of benzene rings is 2. The van der Waals surface area contributed by atoms with Crippen LogP contribution in [-0.2, 0) is 6.42 Å². The van der Waals surface area contributed by atoms with Crippen LogP contribution in [0.15, 0.2) is 48.1 Å². The van der Waals surface area contributed by atoms with Gasteiger partial charge >= 0.3 is 0 Å². The van der Waals surface area contributed by atoms with Crippen molar-refractivity contribution in [3.05, 3.63) is 70.3 Å². The molecule has 3 rings (SSSR count). The minimum absolute atomic E-state index is 0.0108. The van der Waals surface area contributed by atoms with Crippen LogP contribution in [0.2, 0.25) is 0 Å². The average Bonchev–Trinajstić information content (AvgIpc) is 2.66. The monoisotopic (exact) mass is 518 g/mol. The largest absolute Gasteiger partial charge is 0.508 e. The van der Waals surface area contributed by atoms with Crippen molar-refractivity contribution in [2.45, 2.75) is 30.8 Å². The number of carbonyl (C=O) groups is 1. The van der Waals surface area contributed by atoms with Gasteiger partial charge in [-0.1, -0.05) is 23.8 Å². The third kappa shape index (κ3) is 4.87. The molecular formula is C24H23IO5. The maximum atomic E-state index is 12.7. The van der Waals surface area contributed by atoms with E-state index >= 15 is 0 Å². The number of fused-ring (bicyclic) bond motifs is 1. The summed E-state index contributed by atoms with van der Waals surface area (Å²) in [6.45, 7) is 5.72. The number of hydrogen-bond acceptors (Lipinski definition) is 5. The summed E-state index contributed by atoms with van der Waals surface area (Å²) in [7, 11) is 0. The molecule has 2 aromatic carbocycles. The van der Waals surface area contributed by atoms with E-state index in [0.29, 0.717) is 28.9 Å². The highest BCUT2D eigenvalue weighted by molar-refractivity contribution is 14.1. The van der Waals surface area contributed by atoms with E-state index in [1.165, 1.54) is 24.3 Å². The Balaban J connectivity index is 1.88. The molecule has 0 bridgehead atoms. The molecule has 156 valence electrons. The molecular weight excluding hydrogens is 495 g/mol. The van der Waals surface area contributed by atoms with Crippen molar-refractivity contribution >= 4 is 40.5 Å². The molecule has 1 heterocycles. The van der Waals surface area contributed by atoms with E-state index in [-0.39, 0.29) is 22.8 Å². The van der Waals surface area contributed by atoms with Crippen molar-refractivity contribution in [3.8, 4) is 23.0 Å². The van der Waals surface area contributed by atoms with Gasteiger partial charge in [-0.25, -0.2) is 0 Å². The van der Waals surface area contributed by atoms with E-state index in [9.17, 15) is 20.1 Å². The van der Waals surface area contributed by atoms with Crippen LogP contribution in [0.3, 0.4) is 0 Å².